The minimum Gasteiger partial charge on any atom is -0.298 e. The zero-order valence-corrected chi connectivity index (χ0v) is 8.42. The number of rotatable bonds is 5. The molecular formula is C11H9N2O3. The fourth-order valence-corrected chi connectivity index (χ4v) is 1.14. The molecule has 0 amide bonds. The Labute approximate surface area is 92.5 Å². The van der Waals surface area contributed by atoms with E-state index in [-0.39, 0.29) is 17.9 Å². The second kappa shape index (κ2) is 5.61. The number of benzene rings is 1. The summed E-state index contributed by atoms with van der Waals surface area (Å²) in [6, 6.07) is 7.71. The molecule has 0 saturated heterocycles. The first-order chi connectivity index (χ1) is 7.63. The van der Waals surface area contributed by atoms with E-state index in [1.807, 2.05) is 0 Å². The molecule has 0 bridgehead atoms. The smallest absolute Gasteiger partial charge is 0.269 e. The van der Waals surface area contributed by atoms with Crippen molar-refractivity contribution in [1.29, 1.82) is 5.26 Å². The maximum atomic E-state index is 11.0. The number of hydrogen-bond donors (Lipinski definition) is 0. The molecule has 0 aliphatic rings. The fraction of sp³-hybridized carbons (Fsp3) is 0.182. The van der Waals surface area contributed by atoms with Crippen LogP contribution in [0.25, 0.3) is 0 Å². The van der Waals surface area contributed by atoms with E-state index in [0.29, 0.717) is 6.42 Å². The number of nitro groups is 1. The van der Waals surface area contributed by atoms with Gasteiger partial charge in [0.2, 0.25) is 0 Å². The van der Waals surface area contributed by atoms with Crippen molar-refractivity contribution in [3.05, 3.63) is 46.4 Å². The lowest BCUT2D eigenvalue weighted by molar-refractivity contribution is -0.384. The van der Waals surface area contributed by atoms with Crippen LogP contribution >= 0.6 is 0 Å². The molecule has 0 aromatic heterocycles. The van der Waals surface area contributed by atoms with Gasteiger partial charge in [0.25, 0.3) is 5.69 Å². The first-order valence-corrected chi connectivity index (χ1v) is 4.60. The summed E-state index contributed by atoms with van der Waals surface area (Å²) >= 11 is 0. The number of hydrogen-bond acceptors (Lipinski definition) is 4. The third-order valence-corrected chi connectivity index (χ3v) is 1.97. The van der Waals surface area contributed by atoms with Gasteiger partial charge in [0.1, 0.15) is 0 Å². The van der Waals surface area contributed by atoms with E-state index in [1.165, 1.54) is 18.6 Å². The maximum Gasteiger partial charge on any atom is 0.269 e. The van der Waals surface area contributed by atoms with Crippen LogP contribution in [0.15, 0.2) is 24.3 Å². The van der Waals surface area contributed by atoms with Gasteiger partial charge < -0.3 is 0 Å². The monoisotopic (exact) mass is 217 g/mol. The molecule has 16 heavy (non-hydrogen) atoms. The van der Waals surface area contributed by atoms with Crippen molar-refractivity contribution in [3.63, 3.8) is 0 Å². The molecule has 1 radical (unpaired) electrons. The summed E-state index contributed by atoms with van der Waals surface area (Å²) < 4.78 is 0. The molecule has 81 valence electrons. The minimum absolute atomic E-state index is 0.0205. The summed E-state index contributed by atoms with van der Waals surface area (Å²) in [5.41, 5.74) is 0.823. The topological polar surface area (TPSA) is 84.0 Å². The maximum absolute atomic E-state index is 11.0. The first-order valence-electron chi connectivity index (χ1n) is 4.60. The van der Waals surface area contributed by atoms with Crippen LogP contribution in [0, 0.1) is 27.9 Å². The number of nitriles is 1. The van der Waals surface area contributed by atoms with E-state index in [9.17, 15) is 14.9 Å². The summed E-state index contributed by atoms with van der Waals surface area (Å²) in [4.78, 5) is 20.9. The highest BCUT2D eigenvalue weighted by Gasteiger charge is 2.05. The Bertz CT molecular complexity index is 432. The Balaban J connectivity index is 2.53. The predicted octanol–water partition coefficient (Wildman–Crippen LogP) is 1.82. The number of Topliss-reactive ketones (excluding diaryl/α,β-unsaturated/α-hetero) is 1. The number of carbonyl (C=O) groups excluding carboxylic acids is 1. The van der Waals surface area contributed by atoms with Gasteiger partial charge in [-0.15, -0.1) is 0 Å². The van der Waals surface area contributed by atoms with Gasteiger partial charge in [-0.05, 0) is 12.0 Å². The van der Waals surface area contributed by atoms with Crippen LogP contribution in [-0.4, -0.2) is 10.7 Å². The van der Waals surface area contributed by atoms with Gasteiger partial charge in [-0.1, -0.05) is 12.1 Å². The number of nitro benzene ring substituents is 1. The molecule has 0 N–H and O–H groups in total. The summed E-state index contributed by atoms with van der Waals surface area (Å²) in [6.45, 7) is 0. The van der Waals surface area contributed by atoms with Gasteiger partial charge in [0.05, 0.1) is 17.4 Å². The SMILES string of the molecule is N#CCC(=O)[CH]Cc1ccc([N+](=O)[O-])cc1. The van der Waals surface area contributed by atoms with Gasteiger partial charge >= 0.3 is 0 Å². The normalized spacial score (nSPS) is 9.44. The van der Waals surface area contributed by atoms with Crippen molar-refractivity contribution in [2.45, 2.75) is 12.8 Å². The zero-order valence-electron chi connectivity index (χ0n) is 8.42. The molecule has 0 heterocycles. The van der Waals surface area contributed by atoms with Crippen molar-refractivity contribution in [2.24, 2.45) is 0 Å². The largest absolute Gasteiger partial charge is 0.298 e. The molecule has 1 aromatic carbocycles. The average Bonchev–Trinajstić information content (AvgIpc) is 2.27. The van der Waals surface area contributed by atoms with Gasteiger partial charge in [-0.2, -0.15) is 5.26 Å². The lowest BCUT2D eigenvalue weighted by Gasteiger charge is -1.98. The molecule has 0 aliphatic heterocycles. The second-order valence-electron chi connectivity index (χ2n) is 3.13. The van der Waals surface area contributed by atoms with Crippen LogP contribution in [0.4, 0.5) is 5.69 Å². The van der Waals surface area contributed by atoms with Gasteiger partial charge in [0.15, 0.2) is 5.78 Å². The Morgan fingerprint density at radius 1 is 1.44 bits per heavy atom. The van der Waals surface area contributed by atoms with Crippen molar-refractivity contribution in [1.82, 2.24) is 0 Å². The van der Waals surface area contributed by atoms with Crippen LogP contribution in [0.1, 0.15) is 12.0 Å². The minimum atomic E-state index is -0.478. The summed E-state index contributed by atoms with van der Waals surface area (Å²) in [5, 5.41) is 18.6. The molecule has 0 atom stereocenters. The van der Waals surface area contributed by atoms with E-state index < -0.39 is 4.92 Å². The Morgan fingerprint density at radius 3 is 2.56 bits per heavy atom. The predicted molar refractivity (Wildman–Crippen MR) is 56.3 cm³/mol. The highest BCUT2D eigenvalue weighted by Crippen LogP contribution is 2.13. The van der Waals surface area contributed by atoms with Gasteiger partial charge in [-0.25, -0.2) is 0 Å². The fourth-order valence-electron chi connectivity index (χ4n) is 1.14. The molecule has 1 rings (SSSR count). The van der Waals surface area contributed by atoms with Crippen LogP contribution in [0.5, 0.6) is 0 Å². The molecular weight excluding hydrogens is 208 g/mol. The van der Waals surface area contributed by atoms with Gasteiger partial charge in [0, 0.05) is 18.6 Å². The van der Waals surface area contributed by atoms with Gasteiger partial charge in [-0.3, -0.25) is 14.9 Å². The number of non-ortho nitro benzene ring substituents is 1. The third-order valence-electron chi connectivity index (χ3n) is 1.97. The van der Waals surface area contributed by atoms with E-state index >= 15 is 0 Å². The second-order valence-corrected chi connectivity index (χ2v) is 3.13. The lowest BCUT2D eigenvalue weighted by Crippen LogP contribution is -1.99. The molecule has 0 saturated carbocycles. The summed E-state index contributed by atoms with van der Waals surface area (Å²) in [6.07, 6.45) is 1.66. The highest BCUT2D eigenvalue weighted by molar-refractivity contribution is 5.88. The van der Waals surface area contributed by atoms with Crippen LogP contribution in [0.3, 0.4) is 0 Å². The first kappa shape index (κ1) is 11.9. The molecule has 5 nitrogen and oxygen atoms in total. The van der Waals surface area contributed by atoms with Crippen LogP contribution in [-0.2, 0) is 11.2 Å². The summed E-state index contributed by atoms with van der Waals surface area (Å²) in [7, 11) is 0. The molecule has 0 aliphatic carbocycles. The Kier molecular flexibility index (Phi) is 4.16. The van der Waals surface area contributed by atoms with E-state index in [1.54, 1.807) is 18.2 Å². The molecule has 1 aromatic rings. The van der Waals surface area contributed by atoms with Crippen LogP contribution in [0.2, 0.25) is 0 Å². The standard InChI is InChI=1S/C11H9N2O3/c12-8-7-11(14)6-3-9-1-4-10(5-2-9)13(15)16/h1-2,4-6H,3,7H2. The van der Waals surface area contributed by atoms with Crippen molar-refractivity contribution in [3.8, 4) is 6.07 Å². The van der Waals surface area contributed by atoms with Crippen LogP contribution < -0.4 is 0 Å². The third kappa shape index (κ3) is 3.50. The highest BCUT2D eigenvalue weighted by atomic mass is 16.6. The number of ketones is 1. The van der Waals surface area contributed by atoms with E-state index in [2.05, 4.69) is 0 Å². The Morgan fingerprint density at radius 2 is 2.06 bits per heavy atom. The quantitative estimate of drug-likeness (QED) is 0.556. The average molecular weight is 217 g/mol. The lowest BCUT2D eigenvalue weighted by atomic mass is 10.1. The number of carbonyl (C=O) groups is 1. The van der Waals surface area contributed by atoms with Crippen molar-refractivity contribution >= 4 is 11.5 Å². The molecule has 0 spiro atoms. The Hall–Kier alpha value is -2.22. The van der Waals surface area contributed by atoms with Crippen molar-refractivity contribution < 1.29 is 9.72 Å². The molecule has 0 unspecified atom stereocenters. The molecule has 5 heteroatoms. The number of nitrogens with zero attached hydrogens (tertiary/aromatic N) is 2. The van der Waals surface area contributed by atoms with E-state index in [4.69, 9.17) is 5.26 Å². The summed E-state index contributed by atoms with van der Waals surface area (Å²) in [5.74, 6) is -0.235. The van der Waals surface area contributed by atoms with E-state index in [0.717, 1.165) is 5.56 Å². The zero-order chi connectivity index (χ0) is 12.0. The molecule has 0 fully saturated rings. The van der Waals surface area contributed by atoms with Crippen molar-refractivity contribution in [2.75, 3.05) is 0 Å².